The van der Waals surface area contributed by atoms with Gasteiger partial charge in [-0.2, -0.15) is 4.31 Å². The van der Waals surface area contributed by atoms with Crippen LogP contribution in [0, 0.1) is 5.82 Å². The van der Waals surface area contributed by atoms with Crippen LogP contribution in [0.5, 0.6) is 0 Å². The maximum atomic E-state index is 13.2. The van der Waals surface area contributed by atoms with Crippen molar-refractivity contribution in [3.05, 3.63) is 59.9 Å². The molecule has 3 rings (SSSR count). The number of hydrogen-bond acceptors (Lipinski definition) is 4. The highest BCUT2D eigenvalue weighted by molar-refractivity contribution is 7.89. The van der Waals surface area contributed by atoms with Crippen LogP contribution in [0.25, 0.3) is 0 Å². The standard InChI is InChI=1S/C21H25FN2O4S/c1-2-3-4-13-23(16-17-5-7-18(22)8-6-17)29(26,27)20-11-9-19(10-12-20)24-14-15-28-21(24)25/h5-12H,2-4,13-16H2,1H3. The number of benzene rings is 2. The van der Waals surface area contributed by atoms with Crippen LogP contribution >= 0.6 is 0 Å². The fraction of sp³-hybridized carbons (Fsp3) is 0.381. The number of cyclic esters (lactones) is 1. The lowest BCUT2D eigenvalue weighted by Crippen LogP contribution is -2.31. The number of rotatable bonds is 9. The van der Waals surface area contributed by atoms with Gasteiger partial charge in [0.1, 0.15) is 12.4 Å². The Morgan fingerprint density at radius 2 is 1.76 bits per heavy atom. The monoisotopic (exact) mass is 420 g/mol. The van der Waals surface area contributed by atoms with Crippen LogP contribution in [0.15, 0.2) is 53.4 Å². The summed E-state index contributed by atoms with van der Waals surface area (Å²) in [6.07, 6.45) is 2.21. The molecule has 6 nitrogen and oxygen atoms in total. The van der Waals surface area contributed by atoms with Gasteiger partial charge < -0.3 is 4.74 Å². The molecule has 1 saturated heterocycles. The predicted molar refractivity (Wildman–Crippen MR) is 109 cm³/mol. The molecule has 29 heavy (non-hydrogen) atoms. The van der Waals surface area contributed by atoms with Crippen molar-refractivity contribution >= 4 is 21.8 Å². The first-order chi connectivity index (χ1) is 13.9. The van der Waals surface area contributed by atoms with Gasteiger partial charge in [-0.1, -0.05) is 31.9 Å². The van der Waals surface area contributed by atoms with Gasteiger partial charge in [-0.25, -0.2) is 17.6 Å². The van der Waals surface area contributed by atoms with E-state index in [-0.39, 0.29) is 17.3 Å². The average molecular weight is 421 g/mol. The summed E-state index contributed by atoms with van der Waals surface area (Å²) in [5.74, 6) is -0.356. The van der Waals surface area contributed by atoms with Crippen LogP contribution in [0.3, 0.4) is 0 Å². The van der Waals surface area contributed by atoms with Gasteiger partial charge in [0.25, 0.3) is 0 Å². The third kappa shape index (κ3) is 5.13. The Bertz CT molecular complexity index is 930. The minimum Gasteiger partial charge on any atom is -0.447 e. The molecule has 1 aliphatic heterocycles. The molecule has 2 aromatic carbocycles. The molecule has 156 valence electrons. The summed E-state index contributed by atoms with van der Waals surface area (Å²) in [6.45, 7) is 3.38. The highest BCUT2D eigenvalue weighted by Crippen LogP contribution is 2.24. The van der Waals surface area contributed by atoms with E-state index < -0.39 is 16.1 Å². The van der Waals surface area contributed by atoms with Gasteiger partial charge in [-0.15, -0.1) is 0 Å². The lowest BCUT2D eigenvalue weighted by atomic mass is 10.2. The van der Waals surface area contributed by atoms with Crippen molar-refractivity contribution in [3.63, 3.8) is 0 Å². The smallest absolute Gasteiger partial charge is 0.414 e. The van der Waals surface area contributed by atoms with Gasteiger partial charge in [0.2, 0.25) is 10.0 Å². The number of nitrogens with zero attached hydrogens (tertiary/aromatic N) is 2. The average Bonchev–Trinajstić information content (AvgIpc) is 3.15. The normalized spacial score (nSPS) is 14.4. The number of ether oxygens (including phenoxy) is 1. The molecular weight excluding hydrogens is 395 g/mol. The lowest BCUT2D eigenvalue weighted by Gasteiger charge is -2.23. The first kappa shape index (κ1) is 21.3. The van der Waals surface area contributed by atoms with E-state index >= 15 is 0 Å². The SMILES string of the molecule is CCCCCN(Cc1ccc(F)cc1)S(=O)(=O)c1ccc(N2CCOC2=O)cc1. The first-order valence-electron chi connectivity index (χ1n) is 9.71. The van der Waals surface area contributed by atoms with E-state index in [1.54, 1.807) is 24.3 Å². The van der Waals surface area contributed by atoms with Crippen LogP contribution in [-0.2, 0) is 21.3 Å². The second kappa shape index (κ2) is 9.37. The molecule has 1 amide bonds. The van der Waals surface area contributed by atoms with Crippen LogP contribution < -0.4 is 4.90 Å². The number of halogens is 1. The lowest BCUT2D eigenvalue weighted by molar-refractivity contribution is 0.181. The molecule has 0 unspecified atom stereocenters. The van der Waals surface area contributed by atoms with Gasteiger partial charge in [-0.05, 0) is 48.4 Å². The zero-order chi connectivity index (χ0) is 20.9. The fourth-order valence-electron chi connectivity index (χ4n) is 3.19. The predicted octanol–water partition coefficient (Wildman–Crippen LogP) is 4.16. The molecule has 0 spiro atoms. The summed E-state index contributed by atoms with van der Waals surface area (Å²) < 4.78 is 46.0. The van der Waals surface area contributed by atoms with Crippen molar-refractivity contribution in [1.29, 1.82) is 0 Å². The summed E-state index contributed by atoms with van der Waals surface area (Å²) in [7, 11) is -3.74. The van der Waals surface area contributed by atoms with Crippen molar-refractivity contribution in [1.82, 2.24) is 4.31 Å². The van der Waals surface area contributed by atoms with Crippen molar-refractivity contribution in [2.45, 2.75) is 37.6 Å². The maximum absolute atomic E-state index is 13.2. The largest absolute Gasteiger partial charge is 0.447 e. The number of carbonyl (C=O) groups is 1. The Labute approximate surface area is 170 Å². The van der Waals surface area contributed by atoms with Crippen LogP contribution in [0.1, 0.15) is 31.7 Å². The minimum atomic E-state index is -3.74. The van der Waals surface area contributed by atoms with Crippen LogP contribution in [0.2, 0.25) is 0 Å². The van der Waals surface area contributed by atoms with Crippen molar-refractivity contribution in [3.8, 4) is 0 Å². The molecular formula is C21H25FN2O4S. The number of hydrogen-bond donors (Lipinski definition) is 0. The molecule has 0 bridgehead atoms. The zero-order valence-electron chi connectivity index (χ0n) is 16.4. The number of unbranched alkanes of at least 4 members (excludes halogenated alkanes) is 2. The molecule has 0 N–H and O–H groups in total. The number of sulfonamides is 1. The van der Waals surface area contributed by atoms with E-state index in [1.807, 2.05) is 0 Å². The molecule has 0 radical (unpaired) electrons. The Kier molecular flexibility index (Phi) is 6.87. The molecule has 0 aromatic heterocycles. The van der Waals surface area contributed by atoms with E-state index in [4.69, 9.17) is 4.74 Å². The van der Waals surface area contributed by atoms with Crippen LogP contribution in [-0.4, -0.2) is 38.5 Å². The topological polar surface area (TPSA) is 66.9 Å². The Hall–Kier alpha value is -2.45. The van der Waals surface area contributed by atoms with E-state index in [0.717, 1.165) is 24.8 Å². The van der Waals surface area contributed by atoms with Crippen molar-refractivity contribution in [2.24, 2.45) is 0 Å². The van der Waals surface area contributed by atoms with Gasteiger partial charge in [-0.3, -0.25) is 4.90 Å². The molecule has 0 saturated carbocycles. The summed E-state index contributed by atoms with van der Waals surface area (Å²) in [5.41, 5.74) is 1.32. The van der Waals surface area contributed by atoms with Gasteiger partial charge in [0.05, 0.1) is 11.4 Å². The minimum absolute atomic E-state index is 0.160. The molecule has 0 aliphatic carbocycles. The Balaban J connectivity index is 1.82. The first-order valence-corrected chi connectivity index (χ1v) is 11.1. The highest BCUT2D eigenvalue weighted by atomic mass is 32.2. The van der Waals surface area contributed by atoms with E-state index in [2.05, 4.69) is 6.92 Å². The number of anilines is 1. The zero-order valence-corrected chi connectivity index (χ0v) is 17.2. The van der Waals surface area contributed by atoms with Gasteiger partial charge in [0, 0.05) is 18.8 Å². The Morgan fingerprint density at radius 1 is 1.07 bits per heavy atom. The summed E-state index contributed by atoms with van der Waals surface area (Å²) >= 11 is 0. The summed E-state index contributed by atoms with van der Waals surface area (Å²) in [6, 6.07) is 12.1. The second-order valence-electron chi connectivity index (χ2n) is 6.93. The Morgan fingerprint density at radius 3 is 2.34 bits per heavy atom. The third-order valence-corrected chi connectivity index (χ3v) is 6.69. The molecule has 1 fully saturated rings. The fourth-order valence-corrected chi connectivity index (χ4v) is 4.66. The van der Waals surface area contributed by atoms with E-state index in [0.29, 0.717) is 25.4 Å². The van der Waals surface area contributed by atoms with Gasteiger partial charge in [0.15, 0.2) is 0 Å². The highest BCUT2D eigenvalue weighted by Gasteiger charge is 2.27. The molecule has 1 heterocycles. The molecule has 1 aliphatic rings. The molecule has 2 aromatic rings. The quantitative estimate of drug-likeness (QED) is 0.571. The number of amides is 1. The van der Waals surface area contributed by atoms with Crippen molar-refractivity contribution < 1.29 is 22.3 Å². The van der Waals surface area contributed by atoms with Crippen LogP contribution in [0.4, 0.5) is 14.9 Å². The summed E-state index contributed by atoms with van der Waals surface area (Å²) in [4.78, 5) is 13.3. The van der Waals surface area contributed by atoms with Gasteiger partial charge >= 0.3 is 6.09 Å². The third-order valence-electron chi connectivity index (χ3n) is 4.83. The maximum Gasteiger partial charge on any atom is 0.414 e. The number of carbonyl (C=O) groups excluding carboxylic acids is 1. The van der Waals surface area contributed by atoms with Crippen molar-refractivity contribution in [2.75, 3.05) is 24.6 Å². The van der Waals surface area contributed by atoms with E-state index in [9.17, 15) is 17.6 Å². The second-order valence-corrected chi connectivity index (χ2v) is 8.87. The summed E-state index contributed by atoms with van der Waals surface area (Å²) in [5, 5.41) is 0. The molecule has 8 heteroatoms. The van der Waals surface area contributed by atoms with E-state index in [1.165, 1.54) is 33.5 Å². The molecule has 0 atom stereocenters.